The van der Waals surface area contributed by atoms with Gasteiger partial charge < -0.3 is 5.32 Å². The van der Waals surface area contributed by atoms with Gasteiger partial charge in [0.2, 0.25) is 0 Å². The first kappa shape index (κ1) is 12.6. The first-order valence-corrected chi connectivity index (χ1v) is 5.37. The summed E-state index contributed by atoms with van der Waals surface area (Å²) in [5, 5.41) is 3.25. The first-order chi connectivity index (χ1) is 5.74. The fourth-order valence-corrected chi connectivity index (χ4v) is 1.71. The Morgan fingerprint density at radius 1 is 1.33 bits per heavy atom. The molecule has 0 fully saturated rings. The zero-order valence-corrected chi connectivity index (χ0v) is 9.38. The molecule has 1 nitrogen and oxygen atoms in total. The summed E-state index contributed by atoms with van der Waals surface area (Å²) >= 11 is 17.0. The van der Waals surface area contributed by atoms with E-state index < -0.39 is 0 Å². The Labute approximate surface area is 89.1 Å². The zero-order valence-electron chi connectivity index (χ0n) is 7.12. The summed E-state index contributed by atoms with van der Waals surface area (Å²) in [5.74, 6) is 1.03. The van der Waals surface area contributed by atoms with Gasteiger partial charge in [-0.3, -0.25) is 0 Å². The lowest BCUT2D eigenvalue weighted by Crippen LogP contribution is -2.48. The quantitative estimate of drug-likeness (QED) is 0.692. The van der Waals surface area contributed by atoms with Crippen LogP contribution in [0.3, 0.4) is 0 Å². The van der Waals surface area contributed by atoms with Crippen molar-refractivity contribution >= 4 is 34.8 Å². The van der Waals surface area contributed by atoms with Crippen LogP contribution in [0.1, 0.15) is 13.3 Å². The van der Waals surface area contributed by atoms with Crippen LogP contribution in [0, 0.1) is 0 Å². The lowest BCUT2D eigenvalue weighted by Gasteiger charge is -2.28. The second-order valence-corrected chi connectivity index (χ2v) is 3.43. The molecule has 0 aromatic carbocycles. The molecular weight excluding hydrogens is 216 g/mol. The van der Waals surface area contributed by atoms with E-state index in [2.05, 4.69) is 12.2 Å². The highest BCUT2D eigenvalue weighted by Gasteiger charge is 2.24. The molecule has 4 heteroatoms. The SMILES string of the molecule is CCC(CCl)(CCl)NC/C=C/Cl. The molecule has 0 bridgehead atoms. The van der Waals surface area contributed by atoms with E-state index in [0.717, 1.165) is 6.42 Å². The summed E-state index contributed by atoms with van der Waals surface area (Å²) in [6, 6.07) is 0. The van der Waals surface area contributed by atoms with Crippen LogP contribution >= 0.6 is 34.8 Å². The molecular formula is C8H14Cl3N. The van der Waals surface area contributed by atoms with Gasteiger partial charge in [-0.25, -0.2) is 0 Å². The average Bonchev–Trinajstić information content (AvgIpc) is 2.14. The largest absolute Gasteiger partial charge is 0.306 e. The van der Waals surface area contributed by atoms with Gasteiger partial charge in [-0.1, -0.05) is 24.6 Å². The molecule has 0 radical (unpaired) electrons. The normalized spacial score (nSPS) is 12.7. The predicted molar refractivity (Wildman–Crippen MR) is 57.5 cm³/mol. The van der Waals surface area contributed by atoms with Crippen LogP contribution in [-0.2, 0) is 0 Å². The van der Waals surface area contributed by atoms with Crippen molar-refractivity contribution in [2.75, 3.05) is 18.3 Å². The van der Waals surface area contributed by atoms with Crippen LogP contribution in [-0.4, -0.2) is 23.8 Å². The molecule has 12 heavy (non-hydrogen) atoms. The van der Waals surface area contributed by atoms with E-state index in [4.69, 9.17) is 34.8 Å². The molecule has 0 aliphatic heterocycles. The summed E-state index contributed by atoms with van der Waals surface area (Å²) in [5.41, 5.74) is 1.33. The summed E-state index contributed by atoms with van der Waals surface area (Å²) in [6.45, 7) is 2.76. The third-order valence-electron chi connectivity index (χ3n) is 1.87. The Balaban J connectivity index is 3.92. The van der Waals surface area contributed by atoms with E-state index in [0.29, 0.717) is 18.3 Å². The van der Waals surface area contributed by atoms with Crippen molar-refractivity contribution in [3.63, 3.8) is 0 Å². The first-order valence-electron chi connectivity index (χ1n) is 3.87. The standard InChI is InChI=1S/C8H14Cl3N/c1-2-8(6-10,7-11)12-5-3-4-9/h3-4,12H,2,5-7H2,1H3/b4-3+. The van der Waals surface area contributed by atoms with E-state index in [1.54, 1.807) is 0 Å². The topological polar surface area (TPSA) is 12.0 Å². The van der Waals surface area contributed by atoms with Crippen LogP contribution < -0.4 is 5.32 Å². The number of halogens is 3. The molecule has 0 rings (SSSR count). The lowest BCUT2D eigenvalue weighted by molar-refractivity contribution is 0.405. The minimum absolute atomic E-state index is 0.153. The van der Waals surface area contributed by atoms with Crippen LogP contribution in [0.4, 0.5) is 0 Å². The highest BCUT2D eigenvalue weighted by Crippen LogP contribution is 2.14. The molecule has 0 amide bonds. The smallest absolute Gasteiger partial charge is 0.0453 e. The molecule has 0 atom stereocenters. The second-order valence-electron chi connectivity index (χ2n) is 2.64. The van der Waals surface area contributed by atoms with E-state index in [9.17, 15) is 0 Å². The average molecular weight is 231 g/mol. The Hall–Kier alpha value is 0.570. The Kier molecular flexibility index (Phi) is 7.35. The van der Waals surface area contributed by atoms with Crippen molar-refractivity contribution in [3.05, 3.63) is 11.6 Å². The summed E-state index contributed by atoms with van der Waals surface area (Å²) in [4.78, 5) is 0. The molecule has 0 aliphatic rings. The number of hydrogen-bond acceptors (Lipinski definition) is 1. The highest BCUT2D eigenvalue weighted by molar-refractivity contribution is 6.25. The highest BCUT2D eigenvalue weighted by atomic mass is 35.5. The van der Waals surface area contributed by atoms with Crippen LogP contribution in [0.5, 0.6) is 0 Å². The molecule has 0 aromatic rings. The summed E-state index contributed by atoms with van der Waals surface area (Å²) in [6.07, 6.45) is 2.74. The molecule has 0 unspecified atom stereocenters. The second kappa shape index (κ2) is 7.02. The van der Waals surface area contributed by atoms with Crippen molar-refractivity contribution < 1.29 is 0 Å². The molecule has 0 saturated heterocycles. The minimum atomic E-state index is -0.153. The van der Waals surface area contributed by atoms with Gasteiger partial charge in [-0.15, -0.1) is 23.2 Å². The fraction of sp³-hybridized carbons (Fsp3) is 0.750. The Bertz CT molecular complexity index is 124. The molecule has 0 aromatic heterocycles. The van der Waals surface area contributed by atoms with E-state index in [-0.39, 0.29) is 5.54 Å². The van der Waals surface area contributed by atoms with Gasteiger partial charge in [-0.2, -0.15) is 0 Å². The van der Waals surface area contributed by atoms with Crippen molar-refractivity contribution in [2.45, 2.75) is 18.9 Å². The number of nitrogens with one attached hydrogen (secondary N) is 1. The maximum Gasteiger partial charge on any atom is 0.0453 e. The van der Waals surface area contributed by atoms with Gasteiger partial charge in [0.25, 0.3) is 0 Å². The van der Waals surface area contributed by atoms with Gasteiger partial charge in [-0.05, 0) is 6.42 Å². The number of rotatable bonds is 6. The molecule has 72 valence electrons. The molecule has 0 aliphatic carbocycles. The van der Waals surface area contributed by atoms with Gasteiger partial charge in [0.05, 0.1) is 0 Å². The van der Waals surface area contributed by atoms with E-state index >= 15 is 0 Å². The zero-order chi connectivity index (χ0) is 9.45. The van der Waals surface area contributed by atoms with Crippen LogP contribution in [0.2, 0.25) is 0 Å². The van der Waals surface area contributed by atoms with Gasteiger partial charge in [0.15, 0.2) is 0 Å². The van der Waals surface area contributed by atoms with Crippen LogP contribution in [0.25, 0.3) is 0 Å². The van der Waals surface area contributed by atoms with Crippen molar-refractivity contribution in [1.29, 1.82) is 0 Å². The molecule has 0 saturated carbocycles. The Morgan fingerprint density at radius 3 is 2.25 bits per heavy atom. The van der Waals surface area contributed by atoms with E-state index in [1.165, 1.54) is 5.54 Å². The maximum absolute atomic E-state index is 5.80. The summed E-state index contributed by atoms with van der Waals surface area (Å²) in [7, 11) is 0. The monoisotopic (exact) mass is 229 g/mol. The van der Waals surface area contributed by atoms with Crippen LogP contribution in [0.15, 0.2) is 11.6 Å². The van der Waals surface area contributed by atoms with Crippen molar-refractivity contribution in [2.24, 2.45) is 0 Å². The molecule has 0 spiro atoms. The van der Waals surface area contributed by atoms with Crippen molar-refractivity contribution in [1.82, 2.24) is 5.32 Å². The van der Waals surface area contributed by atoms with Crippen molar-refractivity contribution in [3.8, 4) is 0 Å². The predicted octanol–water partition coefficient (Wildman–Crippen LogP) is 2.95. The minimum Gasteiger partial charge on any atom is -0.306 e. The van der Waals surface area contributed by atoms with E-state index in [1.807, 2.05) is 6.08 Å². The maximum atomic E-state index is 5.80. The Morgan fingerprint density at radius 2 is 1.92 bits per heavy atom. The third-order valence-corrected chi connectivity index (χ3v) is 3.07. The van der Waals surface area contributed by atoms with Gasteiger partial charge in [0, 0.05) is 29.4 Å². The molecule has 0 heterocycles. The summed E-state index contributed by atoms with van der Waals surface area (Å²) < 4.78 is 0. The van der Waals surface area contributed by atoms with Gasteiger partial charge >= 0.3 is 0 Å². The van der Waals surface area contributed by atoms with Gasteiger partial charge in [0.1, 0.15) is 0 Å². The third kappa shape index (κ3) is 3.99. The lowest BCUT2D eigenvalue weighted by atomic mass is 10.0. The number of alkyl halides is 2. The fourth-order valence-electron chi connectivity index (χ4n) is 0.764. The number of hydrogen-bond donors (Lipinski definition) is 1. The molecule has 1 N–H and O–H groups in total.